The van der Waals surface area contributed by atoms with E-state index in [-0.39, 0.29) is 10.8 Å². The molecule has 0 amide bonds. The summed E-state index contributed by atoms with van der Waals surface area (Å²) in [4.78, 5) is 21.8. The second-order valence-corrected chi connectivity index (χ2v) is 9.62. The Morgan fingerprint density at radius 1 is 1.11 bits per heavy atom. The first-order chi connectivity index (χ1) is 17.4. The number of fused-ring (bicyclic) bond motifs is 1. The number of benzene rings is 2. The minimum absolute atomic E-state index is 0.0329. The van der Waals surface area contributed by atoms with Gasteiger partial charge in [0.25, 0.3) is 0 Å². The number of nitrogens with zero attached hydrogens (tertiary/aromatic N) is 3. The van der Waals surface area contributed by atoms with Gasteiger partial charge in [-0.3, -0.25) is 9.55 Å². The Morgan fingerprint density at radius 3 is 2.67 bits per heavy atom. The van der Waals surface area contributed by atoms with Crippen molar-refractivity contribution in [2.24, 2.45) is 0 Å². The number of hydrogen-bond acceptors (Lipinski definition) is 7. The highest BCUT2D eigenvalue weighted by Gasteiger charge is 2.23. The molecule has 182 valence electrons. The van der Waals surface area contributed by atoms with Gasteiger partial charge in [-0.05, 0) is 43.7 Å². The third kappa shape index (κ3) is 4.41. The number of aromatic hydroxyl groups is 1. The standard InChI is InChI=1S/C27H22ClN3O4S/c1-15-7-8-18(13-29-15)17-9-10-21-20(11-17)30-14-31(21)24-12-23(26(36-24)27(33)34-3)35-16(2)19-5-4-6-22(32)25(19)28/h4-14,16,32H,1-3H3/t16-/m1/s1. The van der Waals surface area contributed by atoms with Crippen LogP contribution in [0.4, 0.5) is 0 Å². The van der Waals surface area contributed by atoms with Crippen molar-refractivity contribution in [3.63, 3.8) is 0 Å². The lowest BCUT2D eigenvalue weighted by molar-refractivity contribution is 0.0600. The van der Waals surface area contributed by atoms with E-state index in [0.717, 1.165) is 32.9 Å². The molecule has 0 fully saturated rings. The van der Waals surface area contributed by atoms with Crippen molar-refractivity contribution >= 4 is 39.9 Å². The Labute approximate surface area is 216 Å². The van der Waals surface area contributed by atoms with Crippen molar-refractivity contribution in [1.82, 2.24) is 14.5 Å². The zero-order valence-corrected chi connectivity index (χ0v) is 21.3. The lowest BCUT2D eigenvalue weighted by Crippen LogP contribution is -2.07. The maximum atomic E-state index is 12.6. The molecule has 3 heterocycles. The highest BCUT2D eigenvalue weighted by atomic mass is 35.5. The number of imidazole rings is 1. The van der Waals surface area contributed by atoms with E-state index >= 15 is 0 Å². The molecule has 0 aliphatic heterocycles. The first-order valence-corrected chi connectivity index (χ1v) is 12.3. The van der Waals surface area contributed by atoms with Crippen LogP contribution in [-0.2, 0) is 4.74 Å². The summed E-state index contributed by atoms with van der Waals surface area (Å²) < 4.78 is 13.0. The lowest BCUT2D eigenvalue weighted by Gasteiger charge is -2.16. The van der Waals surface area contributed by atoms with Gasteiger partial charge in [0, 0.05) is 29.1 Å². The van der Waals surface area contributed by atoms with Gasteiger partial charge in [-0.15, -0.1) is 11.3 Å². The van der Waals surface area contributed by atoms with Crippen molar-refractivity contribution < 1.29 is 19.4 Å². The van der Waals surface area contributed by atoms with Crippen molar-refractivity contribution in [3.05, 3.63) is 88.3 Å². The van der Waals surface area contributed by atoms with Crippen LogP contribution in [0.2, 0.25) is 5.02 Å². The van der Waals surface area contributed by atoms with Crippen molar-refractivity contribution in [1.29, 1.82) is 0 Å². The fourth-order valence-electron chi connectivity index (χ4n) is 3.91. The summed E-state index contributed by atoms with van der Waals surface area (Å²) in [5.41, 5.74) is 5.28. The molecular weight excluding hydrogens is 498 g/mol. The van der Waals surface area contributed by atoms with Gasteiger partial charge < -0.3 is 14.6 Å². The maximum Gasteiger partial charge on any atom is 0.351 e. The average Bonchev–Trinajstić information content (AvgIpc) is 3.49. The molecule has 5 rings (SSSR count). The molecule has 0 spiro atoms. The number of esters is 1. The zero-order valence-electron chi connectivity index (χ0n) is 19.7. The van der Waals surface area contributed by atoms with E-state index in [1.165, 1.54) is 24.5 Å². The summed E-state index contributed by atoms with van der Waals surface area (Å²) in [6.07, 6.45) is 3.04. The number of pyridine rings is 1. The molecule has 1 N–H and O–H groups in total. The fraction of sp³-hybridized carbons (Fsp3) is 0.148. The minimum atomic E-state index is -0.527. The summed E-state index contributed by atoms with van der Waals surface area (Å²) in [5, 5.41) is 10.9. The van der Waals surface area contributed by atoms with Crippen molar-refractivity contribution in [2.75, 3.05) is 7.11 Å². The minimum Gasteiger partial charge on any atom is -0.506 e. The van der Waals surface area contributed by atoms with E-state index < -0.39 is 12.1 Å². The molecule has 0 unspecified atom stereocenters. The molecule has 9 heteroatoms. The van der Waals surface area contributed by atoms with E-state index in [0.29, 0.717) is 16.2 Å². The van der Waals surface area contributed by atoms with Crippen LogP contribution in [-0.4, -0.2) is 32.7 Å². The number of carbonyl (C=O) groups excluding carboxylic acids is 1. The van der Waals surface area contributed by atoms with Gasteiger partial charge in [-0.1, -0.05) is 35.9 Å². The van der Waals surface area contributed by atoms with Crippen LogP contribution in [0, 0.1) is 6.92 Å². The highest BCUT2D eigenvalue weighted by molar-refractivity contribution is 7.16. The quantitative estimate of drug-likeness (QED) is 0.250. The summed E-state index contributed by atoms with van der Waals surface area (Å²) >= 11 is 7.51. The molecule has 2 aromatic carbocycles. The summed E-state index contributed by atoms with van der Waals surface area (Å²) in [5.74, 6) is -0.179. The number of rotatable bonds is 6. The van der Waals surface area contributed by atoms with Gasteiger partial charge in [0.05, 0.1) is 23.2 Å². The van der Waals surface area contributed by atoms with Crippen LogP contribution >= 0.6 is 22.9 Å². The van der Waals surface area contributed by atoms with Gasteiger partial charge in [-0.25, -0.2) is 9.78 Å². The largest absolute Gasteiger partial charge is 0.506 e. The van der Waals surface area contributed by atoms with Gasteiger partial charge in [0.1, 0.15) is 28.9 Å². The molecule has 0 saturated heterocycles. The first-order valence-electron chi connectivity index (χ1n) is 11.1. The molecule has 1 atom stereocenters. The van der Waals surface area contributed by atoms with Gasteiger partial charge in [0.2, 0.25) is 0 Å². The van der Waals surface area contributed by atoms with E-state index in [9.17, 15) is 9.90 Å². The van der Waals surface area contributed by atoms with Crippen molar-refractivity contribution in [3.8, 4) is 27.6 Å². The number of carbonyl (C=O) groups is 1. The van der Waals surface area contributed by atoms with Crippen LogP contribution in [0.25, 0.3) is 27.2 Å². The molecule has 0 aliphatic carbocycles. The van der Waals surface area contributed by atoms with Crippen LogP contribution < -0.4 is 4.74 Å². The summed E-state index contributed by atoms with van der Waals surface area (Å²) in [7, 11) is 1.33. The molecular formula is C27H22ClN3O4S. The van der Waals surface area contributed by atoms with Gasteiger partial charge in [-0.2, -0.15) is 0 Å². The van der Waals surface area contributed by atoms with E-state index in [1.54, 1.807) is 31.5 Å². The molecule has 3 aromatic heterocycles. The number of ether oxygens (including phenoxy) is 2. The van der Waals surface area contributed by atoms with Crippen LogP contribution in [0.1, 0.15) is 34.0 Å². The number of phenolic OH excluding ortho intramolecular Hbond substituents is 1. The Bertz CT molecular complexity index is 1580. The number of halogens is 1. The van der Waals surface area contributed by atoms with Crippen LogP contribution in [0.3, 0.4) is 0 Å². The highest BCUT2D eigenvalue weighted by Crippen LogP contribution is 2.39. The molecule has 7 nitrogen and oxygen atoms in total. The normalized spacial score (nSPS) is 12.0. The van der Waals surface area contributed by atoms with Gasteiger partial charge >= 0.3 is 5.97 Å². The predicted octanol–water partition coefficient (Wildman–Crippen LogP) is 6.74. The number of thiophene rings is 1. The zero-order chi connectivity index (χ0) is 25.4. The fourth-order valence-corrected chi connectivity index (χ4v) is 5.19. The number of phenols is 1. The average molecular weight is 520 g/mol. The number of aromatic nitrogens is 3. The Balaban J connectivity index is 1.51. The van der Waals surface area contributed by atoms with E-state index in [2.05, 4.69) is 9.97 Å². The lowest BCUT2D eigenvalue weighted by atomic mass is 10.1. The molecule has 5 aromatic rings. The predicted molar refractivity (Wildman–Crippen MR) is 140 cm³/mol. The number of methoxy groups -OCH3 is 1. The molecule has 0 aliphatic rings. The third-order valence-electron chi connectivity index (χ3n) is 5.84. The monoisotopic (exact) mass is 519 g/mol. The Morgan fingerprint density at radius 2 is 1.92 bits per heavy atom. The topological polar surface area (TPSA) is 86.5 Å². The van der Waals surface area contributed by atoms with Crippen molar-refractivity contribution in [2.45, 2.75) is 20.0 Å². The molecule has 0 saturated carbocycles. The smallest absolute Gasteiger partial charge is 0.351 e. The molecule has 0 radical (unpaired) electrons. The van der Waals surface area contributed by atoms with Crippen LogP contribution in [0.5, 0.6) is 11.5 Å². The second-order valence-electron chi connectivity index (χ2n) is 8.22. The molecule has 0 bridgehead atoms. The second kappa shape index (κ2) is 9.64. The van der Waals surface area contributed by atoms with E-state index in [1.807, 2.05) is 48.0 Å². The number of hydrogen-bond donors (Lipinski definition) is 1. The van der Waals surface area contributed by atoms with Gasteiger partial charge in [0.15, 0.2) is 4.88 Å². The SMILES string of the molecule is COC(=O)c1sc(-n2cnc3cc(-c4ccc(C)nc4)ccc32)cc1O[C@H](C)c1cccc(O)c1Cl. The number of aryl methyl sites for hydroxylation is 1. The molecule has 36 heavy (non-hydrogen) atoms. The van der Waals surface area contributed by atoms with E-state index in [4.69, 9.17) is 21.1 Å². The summed E-state index contributed by atoms with van der Waals surface area (Å²) in [6.45, 7) is 3.75. The van der Waals surface area contributed by atoms with Crippen LogP contribution in [0.15, 0.2) is 67.1 Å². The first kappa shape index (κ1) is 23.8. The third-order valence-corrected chi connectivity index (χ3v) is 7.34. The summed E-state index contributed by atoms with van der Waals surface area (Å²) in [6, 6.07) is 16.8. The Hall–Kier alpha value is -3.88. The Kier molecular flexibility index (Phi) is 6.38. The maximum absolute atomic E-state index is 12.6.